The zero-order valence-electron chi connectivity index (χ0n) is 15.5. The van der Waals surface area contributed by atoms with Gasteiger partial charge in [-0.15, -0.1) is 0 Å². The van der Waals surface area contributed by atoms with Crippen molar-refractivity contribution in [1.82, 2.24) is 15.0 Å². The zero-order chi connectivity index (χ0) is 18.9. The first-order chi connectivity index (χ1) is 12.6. The van der Waals surface area contributed by atoms with E-state index in [1.54, 1.807) is 0 Å². The van der Waals surface area contributed by atoms with Crippen LogP contribution in [0.15, 0.2) is 23.3 Å². The van der Waals surface area contributed by atoms with E-state index in [1.807, 2.05) is 0 Å². The molecule has 0 unspecified atom stereocenters. The molecule has 27 heavy (non-hydrogen) atoms. The summed E-state index contributed by atoms with van der Waals surface area (Å²) in [7, 11) is 1.43. The Morgan fingerprint density at radius 1 is 1.41 bits per heavy atom. The lowest BCUT2D eigenvalue weighted by atomic mass is 10.1. The van der Waals surface area contributed by atoms with Gasteiger partial charge in [0.2, 0.25) is 11.4 Å². The third-order valence-corrected chi connectivity index (χ3v) is 3.80. The lowest BCUT2D eigenvalue weighted by molar-refractivity contribution is 0.275. The number of pyridine rings is 1. The summed E-state index contributed by atoms with van der Waals surface area (Å²) in [6.07, 6.45) is 5.40. The Bertz CT molecular complexity index is 765. The molecule has 150 valence electrons. The average Bonchev–Trinajstić information content (AvgIpc) is 2.61. The predicted octanol–water partition coefficient (Wildman–Crippen LogP) is 1.41. The number of aliphatic hydroxyl groups excluding tert-OH is 1. The molecule has 9 nitrogen and oxygen atoms in total. The molecule has 0 aliphatic heterocycles. The number of nitrogen functional groups attached to an aromatic ring is 1. The smallest absolute Gasteiger partial charge is 0.223 e. The van der Waals surface area contributed by atoms with Gasteiger partial charge in [0.1, 0.15) is 6.61 Å². The minimum Gasteiger partial charge on any atom is -0.491 e. The highest BCUT2D eigenvalue weighted by Crippen LogP contribution is 2.25. The molecule has 2 aromatic rings. The molecule has 0 bridgehead atoms. The molecule has 5 N–H and O–H groups in total. The van der Waals surface area contributed by atoms with Gasteiger partial charge in [-0.2, -0.15) is 18.5 Å². The molecule has 2 rings (SSSR count). The lowest BCUT2D eigenvalue weighted by Crippen LogP contribution is -2.22. The summed E-state index contributed by atoms with van der Waals surface area (Å²) in [5.41, 5.74) is 5.96. The molecule has 0 spiro atoms. The first-order valence-electron chi connectivity index (χ1n) is 8.46. The van der Waals surface area contributed by atoms with Crippen LogP contribution in [0, 0.1) is 0 Å². The van der Waals surface area contributed by atoms with Gasteiger partial charge in [0, 0.05) is 24.9 Å². The predicted molar refractivity (Wildman–Crippen MR) is 109 cm³/mol. The van der Waals surface area contributed by atoms with Gasteiger partial charge in [-0.05, 0) is 12.8 Å². The first kappa shape index (κ1) is 22.6. The molecule has 0 saturated carbocycles. The number of nitrogens with two attached hydrogens (primary N) is 1. The standard InChI is InChI=1S/C17H25N5O4.H2S/c1-3-4-11(6-8-23)21-16-14(9-20-17(18)22-16)26-10-12-15(25-2)13(24)5-7-19-12;/h5,7,9,11,23H,3-4,6,8,10H2,1-2H3,(H,19,24)(H3,18,20,21,22);1H2/t11-;/m0./s1. The van der Waals surface area contributed by atoms with Crippen LogP contribution in [-0.4, -0.2) is 39.8 Å². The molecule has 2 aromatic heterocycles. The van der Waals surface area contributed by atoms with Crippen molar-refractivity contribution in [2.45, 2.75) is 38.8 Å². The van der Waals surface area contributed by atoms with Gasteiger partial charge in [0.25, 0.3) is 0 Å². The molecule has 0 aliphatic carbocycles. The average molecular weight is 398 g/mol. The molecule has 0 aliphatic rings. The number of aliphatic hydroxyl groups is 1. The molecule has 1 atom stereocenters. The number of aromatic amines is 1. The fourth-order valence-corrected chi connectivity index (χ4v) is 2.57. The zero-order valence-corrected chi connectivity index (χ0v) is 16.5. The Labute approximate surface area is 164 Å². The number of nitrogens with zero attached hydrogens (tertiary/aromatic N) is 2. The van der Waals surface area contributed by atoms with Crippen molar-refractivity contribution in [3.05, 3.63) is 34.4 Å². The summed E-state index contributed by atoms with van der Waals surface area (Å²) in [6.45, 7) is 2.20. The number of ether oxygens (including phenoxy) is 2. The van der Waals surface area contributed by atoms with E-state index in [1.165, 1.54) is 25.6 Å². The number of methoxy groups -OCH3 is 1. The normalized spacial score (nSPS) is 11.4. The van der Waals surface area contributed by atoms with E-state index in [2.05, 4.69) is 27.2 Å². The summed E-state index contributed by atoms with van der Waals surface area (Å²) in [6, 6.07) is 1.42. The fraction of sp³-hybridized carbons (Fsp3) is 0.471. The highest BCUT2D eigenvalue weighted by molar-refractivity contribution is 7.59. The molecule has 0 fully saturated rings. The Morgan fingerprint density at radius 3 is 2.85 bits per heavy atom. The second-order valence-corrected chi connectivity index (χ2v) is 5.73. The van der Waals surface area contributed by atoms with Gasteiger partial charge < -0.3 is 30.6 Å². The van der Waals surface area contributed by atoms with E-state index in [4.69, 9.17) is 15.2 Å². The quantitative estimate of drug-likeness (QED) is 0.472. The molecule has 0 aromatic carbocycles. The van der Waals surface area contributed by atoms with Crippen LogP contribution in [0.3, 0.4) is 0 Å². The summed E-state index contributed by atoms with van der Waals surface area (Å²) >= 11 is 0. The van der Waals surface area contributed by atoms with E-state index in [9.17, 15) is 9.90 Å². The van der Waals surface area contributed by atoms with Crippen LogP contribution in [-0.2, 0) is 6.61 Å². The molecule has 10 heteroatoms. The SMILES string of the molecule is CCC[C@@H](CCO)Nc1nc(N)ncc1OCc1[nH]ccc(=O)c1OC.S. The van der Waals surface area contributed by atoms with Gasteiger partial charge >= 0.3 is 0 Å². The Hall–Kier alpha value is -2.46. The summed E-state index contributed by atoms with van der Waals surface area (Å²) in [5.74, 6) is 1.15. The maximum atomic E-state index is 11.8. The van der Waals surface area contributed by atoms with Crippen LogP contribution >= 0.6 is 13.5 Å². The topological polar surface area (TPSA) is 135 Å². The number of anilines is 2. The first-order valence-corrected chi connectivity index (χ1v) is 8.46. The Kier molecular flexibility index (Phi) is 9.45. The molecule has 0 radical (unpaired) electrons. The number of nitrogens with one attached hydrogen (secondary N) is 2. The highest BCUT2D eigenvalue weighted by atomic mass is 32.1. The van der Waals surface area contributed by atoms with Crippen LogP contribution in [0.4, 0.5) is 11.8 Å². The lowest BCUT2D eigenvalue weighted by Gasteiger charge is -2.20. The molecular weight excluding hydrogens is 370 g/mol. The second-order valence-electron chi connectivity index (χ2n) is 5.73. The monoisotopic (exact) mass is 397 g/mol. The highest BCUT2D eigenvalue weighted by Gasteiger charge is 2.15. The molecular formula is C17H27N5O4S. The third-order valence-electron chi connectivity index (χ3n) is 3.80. The van der Waals surface area contributed by atoms with Gasteiger partial charge in [-0.25, -0.2) is 4.98 Å². The van der Waals surface area contributed by atoms with Gasteiger partial charge in [0.05, 0.1) is 19.0 Å². The van der Waals surface area contributed by atoms with Crippen LogP contribution in [0.25, 0.3) is 0 Å². The molecule has 0 amide bonds. The summed E-state index contributed by atoms with van der Waals surface area (Å²) < 4.78 is 10.9. The fourth-order valence-electron chi connectivity index (χ4n) is 2.57. The van der Waals surface area contributed by atoms with Crippen molar-refractivity contribution in [1.29, 1.82) is 0 Å². The molecule has 2 heterocycles. The van der Waals surface area contributed by atoms with E-state index < -0.39 is 0 Å². The van der Waals surface area contributed by atoms with Crippen LogP contribution in [0.2, 0.25) is 0 Å². The van der Waals surface area contributed by atoms with E-state index in [0.29, 0.717) is 23.7 Å². The van der Waals surface area contributed by atoms with Crippen molar-refractivity contribution in [2.75, 3.05) is 24.8 Å². The van der Waals surface area contributed by atoms with Crippen LogP contribution in [0.5, 0.6) is 11.5 Å². The van der Waals surface area contributed by atoms with E-state index >= 15 is 0 Å². The largest absolute Gasteiger partial charge is 0.491 e. The number of aromatic nitrogens is 3. The molecule has 0 saturated heterocycles. The minimum absolute atomic E-state index is 0. The van der Waals surface area contributed by atoms with Gasteiger partial charge in [0.15, 0.2) is 17.3 Å². The summed E-state index contributed by atoms with van der Waals surface area (Å²) in [5, 5.41) is 12.5. The Balaban J connectivity index is 0.00000364. The van der Waals surface area contributed by atoms with Crippen LogP contribution in [0.1, 0.15) is 31.9 Å². The number of H-pyrrole nitrogens is 1. The van der Waals surface area contributed by atoms with E-state index in [-0.39, 0.29) is 49.9 Å². The summed E-state index contributed by atoms with van der Waals surface area (Å²) in [4.78, 5) is 22.9. The van der Waals surface area contributed by atoms with Crippen molar-refractivity contribution in [3.63, 3.8) is 0 Å². The second kappa shape index (κ2) is 11.3. The van der Waals surface area contributed by atoms with E-state index in [0.717, 1.165) is 12.8 Å². The van der Waals surface area contributed by atoms with Crippen molar-refractivity contribution < 1.29 is 14.6 Å². The number of rotatable bonds is 10. The minimum atomic E-state index is -0.234. The van der Waals surface area contributed by atoms with Crippen molar-refractivity contribution in [3.8, 4) is 11.5 Å². The van der Waals surface area contributed by atoms with Gasteiger partial charge in [-0.3, -0.25) is 4.79 Å². The van der Waals surface area contributed by atoms with Crippen molar-refractivity contribution in [2.24, 2.45) is 0 Å². The Morgan fingerprint density at radius 2 is 2.19 bits per heavy atom. The maximum absolute atomic E-state index is 11.8. The van der Waals surface area contributed by atoms with Crippen LogP contribution < -0.4 is 26.0 Å². The van der Waals surface area contributed by atoms with Crippen molar-refractivity contribution >= 4 is 25.3 Å². The number of hydrogen-bond acceptors (Lipinski definition) is 8. The van der Waals surface area contributed by atoms with Gasteiger partial charge in [-0.1, -0.05) is 13.3 Å². The third kappa shape index (κ3) is 6.33. The number of hydrogen-bond donors (Lipinski definition) is 4. The maximum Gasteiger partial charge on any atom is 0.223 e.